The van der Waals surface area contributed by atoms with Crippen LogP contribution in [0.25, 0.3) is 0 Å². The SMILES string of the molecule is Cc1ccccc1CCC(=O)N1CCCC1C. The van der Waals surface area contributed by atoms with Gasteiger partial charge in [-0.25, -0.2) is 0 Å². The van der Waals surface area contributed by atoms with Crippen LogP contribution in [-0.4, -0.2) is 23.4 Å². The lowest BCUT2D eigenvalue weighted by Gasteiger charge is -2.21. The van der Waals surface area contributed by atoms with E-state index >= 15 is 0 Å². The fourth-order valence-electron chi connectivity index (χ4n) is 2.58. The van der Waals surface area contributed by atoms with Crippen LogP contribution >= 0.6 is 0 Å². The first kappa shape index (κ1) is 12.2. The van der Waals surface area contributed by atoms with Crippen LogP contribution in [0.3, 0.4) is 0 Å². The molecule has 0 aliphatic carbocycles. The van der Waals surface area contributed by atoms with Gasteiger partial charge in [-0.15, -0.1) is 0 Å². The third-order valence-corrected chi connectivity index (χ3v) is 3.74. The topological polar surface area (TPSA) is 20.3 Å². The maximum absolute atomic E-state index is 12.1. The van der Waals surface area contributed by atoms with Crippen molar-refractivity contribution in [1.82, 2.24) is 4.90 Å². The molecular weight excluding hydrogens is 210 g/mol. The van der Waals surface area contributed by atoms with Crippen LogP contribution in [0.5, 0.6) is 0 Å². The van der Waals surface area contributed by atoms with E-state index in [1.807, 2.05) is 17.0 Å². The van der Waals surface area contributed by atoms with E-state index in [4.69, 9.17) is 0 Å². The Morgan fingerprint density at radius 3 is 2.82 bits per heavy atom. The van der Waals surface area contributed by atoms with Crippen LogP contribution in [0, 0.1) is 6.92 Å². The van der Waals surface area contributed by atoms with Crippen molar-refractivity contribution in [2.24, 2.45) is 0 Å². The first-order chi connectivity index (χ1) is 8.18. The van der Waals surface area contributed by atoms with E-state index in [1.165, 1.54) is 11.1 Å². The zero-order chi connectivity index (χ0) is 12.3. The first-order valence-corrected chi connectivity index (χ1v) is 6.52. The van der Waals surface area contributed by atoms with Gasteiger partial charge in [-0.2, -0.15) is 0 Å². The largest absolute Gasteiger partial charge is 0.340 e. The Labute approximate surface area is 104 Å². The minimum Gasteiger partial charge on any atom is -0.340 e. The van der Waals surface area contributed by atoms with Crippen LogP contribution < -0.4 is 0 Å². The van der Waals surface area contributed by atoms with Crippen molar-refractivity contribution >= 4 is 5.91 Å². The Bertz CT molecular complexity index is 400. The zero-order valence-electron chi connectivity index (χ0n) is 10.8. The van der Waals surface area contributed by atoms with Gasteiger partial charge in [0.05, 0.1) is 0 Å². The highest BCUT2D eigenvalue weighted by Crippen LogP contribution is 2.18. The first-order valence-electron chi connectivity index (χ1n) is 6.52. The minimum absolute atomic E-state index is 0.318. The number of nitrogens with zero attached hydrogens (tertiary/aromatic N) is 1. The Kier molecular flexibility index (Phi) is 3.82. The molecule has 0 saturated carbocycles. The summed E-state index contributed by atoms with van der Waals surface area (Å²) in [7, 11) is 0. The molecule has 1 aromatic rings. The molecule has 0 radical (unpaired) electrons. The highest BCUT2D eigenvalue weighted by Gasteiger charge is 2.24. The molecule has 1 atom stereocenters. The molecule has 0 bridgehead atoms. The Morgan fingerprint density at radius 2 is 2.18 bits per heavy atom. The molecule has 92 valence electrons. The van der Waals surface area contributed by atoms with E-state index in [9.17, 15) is 4.79 Å². The average molecular weight is 231 g/mol. The molecular formula is C15H21NO. The fraction of sp³-hybridized carbons (Fsp3) is 0.533. The van der Waals surface area contributed by atoms with Crippen LogP contribution in [0.2, 0.25) is 0 Å². The summed E-state index contributed by atoms with van der Waals surface area (Å²) in [4.78, 5) is 14.1. The van der Waals surface area contributed by atoms with Crippen molar-refractivity contribution in [1.29, 1.82) is 0 Å². The molecule has 1 amide bonds. The summed E-state index contributed by atoms with van der Waals surface area (Å²) < 4.78 is 0. The zero-order valence-corrected chi connectivity index (χ0v) is 10.8. The maximum atomic E-state index is 12.1. The smallest absolute Gasteiger partial charge is 0.223 e. The predicted molar refractivity (Wildman–Crippen MR) is 69.9 cm³/mol. The normalized spacial score (nSPS) is 19.6. The Balaban J connectivity index is 1.90. The monoisotopic (exact) mass is 231 g/mol. The third kappa shape index (κ3) is 2.87. The number of likely N-dealkylation sites (tertiary alicyclic amines) is 1. The van der Waals surface area contributed by atoms with Gasteiger partial charge in [0.2, 0.25) is 5.91 Å². The Morgan fingerprint density at radius 1 is 1.41 bits per heavy atom. The lowest BCUT2D eigenvalue weighted by molar-refractivity contribution is -0.131. The average Bonchev–Trinajstić information content (AvgIpc) is 2.74. The van der Waals surface area contributed by atoms with Gasteiger partial charge in [0.25, 0.3) is 0 Å². The third-order valence-electron chi connectivity index (χ3n) is 3.74. The lowest BCUT2D eigenvalue weighted by Crippen LogP contribution is -2.33. The molecule has 1 aliphatic rings. The molecule has 2 nitrogen and oxygen atoms in total. The molecule has 2 heteroatoms. The molecule has 2 rings (SSSR count). The number of carbonyl (C=O) groups excluding carboxylic acids is 1. The summed E-state index contributed by atoms with van der Waals surface area (Å²) in [6.07, 6.45) is 3.84. The summed E-state index contributed by atoms with van der Waals surface area (Å²) in [5.74, 6) is 0.318. The van der Waals surface area contributed by atoms with Crippen molar-refractivity contribution in [3.05, 3.63) is 35.4 Å². The highest BCUT2D eigenvalue weighted by atomic mass is 16.2. The van der Waals surface area contributed by atoms with Gasteiger partial charge in [-0.1, -0.05) is 24.3 Å². The molecule has 0 aromatic heterocycles. The number of rotatable bonds is 3. The molecule has 17 heavy (non-hydrogen) atoms. The number of benzene rings is 1. The van der Waals surface area contributed by atoms with Crippen molar-refractivity contribution in [2.45, 2.75) is 45.6 Å². The summed E-state index contributed by atoms with van der Waals surface area (Å²) in [5, 5.41) is 0. The summed E-state index contributed by atoms with van der Waals surface area (Å²) in [6.45, 7) is 5.21. The van der Waals surface area contributed by atoms with E-state index in [0.29, 0.717) is 18.4 Å². The molecule has 1 heterocycles. The second-order valence-corrected chi connectivity index (χ2v) is 5.00. The molecule has 0 N–H and O–H groups in total. The van der Waals surface area contributed by atoms with Crippen LogP contribution in [0.1, 0.15) is 37.3 Å². The molecule has 1 fully saturated rings. The van der Waals surface area contributed by atoms with Gasteiger partial charge in [0.1, 0.15) is 0 Å². The van der Waals surface area contributed by atoms with Crippen LogP contribution in [0.15, 0.2) is 24.3 Å². The predicted octanol–water partition coefficient (Wildman–Crippen LogP) is 2.94. The molecule has 1 saturated heterocycles. The van der Waals surface area contributed by atoms with Gasteiger partial charge < -0.3 is 4.90 Å². The van der Waals surface area contributed by atoms with Crippen LogP contribution in [-0.2, 0) is 11.2 Å². The second-order valence-electron chi connectivity index (χ2n) is 5.00. The van der Waals surface area contributed by atoms with E-state index in [2.05, 4.69) is 26.0 Å². The minimum atomic E-state index is 0.318. The number of hydrogen-bond donors (Lipinski definition) is 0. The summed E-state index contributed by atoms with van der Waals surface area (Å²) >= 11 is 0. The second kappa shape index (κ2) is 5.35. The number of amides is 1. The lowest BCUT2D eigenvalue weighted by atomic mass is 10.0. The fourth-order valence-corrected chi connectivity index (χ4v) is 2.58. The van der Waals surface area contributed by atoms with E-state index in [0.717, 1.165) is 25.8 Å². The highest BCUT2D eigenvalue weighted by molar-refractivity contribution is 5.77. The molecule has 1 aliphatic heterocycles. The van der Waals surface area contributed by atoms with Gasteiger partial charge in [-0.3, -0.25) is 4.79 Å². The summed E-state index contributed by atoms with van der Waals surface area (Å²) in [6, 6.07) is 8.77. The van der Waals surface area contributed by atoms with Crippen molar-refractivity contribution in [3.8, 4) is 0 Å². The molecule has 1 aromatic carbocycles. The van der Waals surface area contributed by atoms with E-state index in [-0.39, 0.29) is 0 Å². The van der Waals surface area contributed by atoms with Crippen molar-refractivity contribution in [2.75, 3.05) is 6.54 Å². The van der Waals surface area contributed by atoms with Gasteiger partial charge in [-0.05, 0) is 44.2 Å². The van der Waals surface area contributed by atoms with Crippen molar-refractivity contribution in [3.63, 3.8) is 0 Å². The standard InChI is InChI=1S/C15H21NO/c1-12-6-3-4-8-14(12)9-10-15(17)16-11-5-7-13(16)2/h3-4,6,8,13H,5,7,9-11H2,1-2H3. The van der Waals surface area contributed by atoms with E-state index in [1.54, 1.807) is 0 Å². The maximum Gasteiger partial charge on any atom is 0.223 e. The number of carbonyl (C=O) groups is 1. The van der Waals surface area contributed by atoms with Gasteiger partial charge in [0, 0.05) is 19.0 Å². The number of hydrogen-bond acceptors (Lipinski definition) is 1. The van der Waals surface area contributed by atoms with Crippen molar-refractivity contribution < 1.29 is 4.79 Å². The molecule has 0 spiro atoms. The number of aryl methyl sites for hydroxylation is 2. The van der Waals surface area contributed by atoms with Gasteiger partial charge in [0.15, 0.2) is 0 Å². The van der Waals surface area contributed by atoms with E-state index < -0.39 is 0 Å². The van der Waals surface area contributed by atoms with Gasteiger partial charge >= 0.3 is 0 Å². The van der Waals surface area contributed by atoms with Crippen LogP contribution in [0.4, 0.5) is 0 Å². The Hall–Kier alpha value is -1.31. The molecule has 1 unspecified atom stereocenters. The summed E-state index contributed by atoms with van der Waals surface area (Å²) in [5.41, 5.74) is 2.59. The quantitative estimate of drug-likeness (QED) is 0.783.